The van der Waals surface area contributed by atoms with E-state index in [0.29, 0.717) is 11.9 Å². The molecule has 1 aromatic rings. The van der Waals surface area contributed by atoms with Crippen LogP contribution in [-0.4, -0.2) is 35.1 Å². The van der Waals surface area contributed by atoms with Crippen LogP contribution in [0.4, 0.5) is 0 Å². The average Bonchev–Trinajstić information content (AvgIpc) is 3.36. The molecule has 4 heteroatoms. The molecule has 20 heavy (non-hydrogen) atoms. The molecule has 0 bridgehead atoms. The Balaban J connectivity index is 1.74. The molecule has 2 saturated carbocycles. The highest BCUT2D eigenvalue weighted by Gasteiger charge is 2.35. The smallest absolute Gasteiger partial charge is 0.147 e. The zero-order chi connectivity index (χ0) is 13.9. The molecule has 1 atom stereocenters. The van der Waals surface area contributed by atoms with Gasteiger partial charge in [-0.1, -0.05) is 35.5 Å². The van der Waals surface area contributed by atoms with Crippen molar-refractivity contribution < 1.29 is 5.21 Å². The molecule has 0 radical (unpaired) electrons. The number of benzene rings is 1. The summed E-state index contributed by atoms with van der Waals surface area (Å²) in [5.74, 6) is 1.18. The first-order valence-corrected chi connectivity index (χ1v) is 7.54. The van der Waals surface area contributed by atoms with Crippen LogP contribution in [0.1, 0.15) is 37.2 Å². The molecule has 0 amide bonds. The van der Waals surface area contributed by atoms with Crippen LogP contribution in [0.2, 0.25) is 0 Å². The Bertz CT molecular complexity index is 466. The quantitative estimate of drug-likeness (QED) is 0.347. The molecule has 0 aromatic heterocycles. The van der Waals surface area contributed by atoms with Crippen LogP contribution in [0, 0.1) is 5.92 Å². The molecule has 2 aliphatic rings. The fourth-order valence-electron chi connectivity index (χ4n) is 2.80. The molecule has 3 N–H and O–H groups in total. The van der Waals surface area contributed by atoms with E-state index in [-0.39, 0.29) is 5.92 Å². The van der Waals surface area contributed by atoms with Crippen LogP contribution in [-0.2, 0) is 0 Å². The van der Waals surface area contributed by atoms with Crippen molar-refractivity contribution in [2.75, 3.05) is 13.1 Å². The van der Waals surface area contributed by atoms with E-state index in [1.165, 1.54) is 32.2 Å². The molecular weight excluding hydrogens is 250 g/mol. The predicted molar refractivity (Wildman–Crippen MR) is 79.9 cm³/mol. The lowest BCUT2D eigenvalue weighted by Gasteiger charge is -2.27. The Kier molecular flexibility index (Phi) is 3.92. The van der Waals surface area contributed by atoms with E-state index >= 15 is 0 Å². The third-order valence-electron chi connectivity index (χ3n) is 4.34. The van der Waals surface area contributed by atoms with Gasteiger partial charge in [-0.05, 0) is 37.2 Å². The summed E-state index contributed by atoms with van der Waals surface area (Å²) >= 11 is 0. The minimum Gasteiger partial charge on any atom is -0.409 e. The third kappa shape index (κ3) is 3.31. The van der Waals surface area contributed by atoms with Crippen molar-refractivity contribution in [2.45, 2.75) is 37.6 Å². The molecule has 2 fully saturated rings. The van der Waals surface area contributed by atoms with E-state index in [0.717, 1.165) is 18.0 Å². The van der Waals surface area contributed by atoms with E-state index in [4.69, 9.17) is 10.9 Å². The van der Waals surface area contributed by atoms with Gasteiger partial charge in [-0.3, -0.25) is 4.90 Å². The van der Waals surface area contributed by atoms with Crippen LogP contribution in [0.5, 0.6) is 0 Å². The van der Waals surface area contributed by atoms with Crippen molar-refractivity contribution in [2.24, 2.45) is 16.8 Å². The number of hydrogen-bond donors (Lipinski definition) is 2. The van der Waals surface area contributed by atoms with Gasteiger partial charge in [0, 0.05) is 19.1 Å². The minimum absolute atomic E-state index is 0.0134. The van der Waals surface area contributed by atoms with Gasteiger partial charge in [0.25, 0.3) is 0 Å². The van der Waals surface area contributed by atoms with Crippen molar-refractivity contribution in [1.82, 2.24) is 4.90 Å². The second kappa shape index (κ2) is 5.83. The summed E-state index contributed by atoms with van der Waals surface area (Å²) < 4.78 is 0. The van der Waals surface area contributed by atoms with Crippen molar-refractivity contribution in [3.63, 3.8) is 0 Å². The molecule has 0 saturated heterocycles. The highest BCUT2D eigenvalue weighted by atomic mass is 16.4. The van der Waals surface area contributed by atoms with Crippen molar-refractivity contribution >= 4 is 5.84 Å². The number of rotatable bonds is 7. The topological polar surface area (TPSA) is 61.9 Å². The first-order chi connectivity index (χ1) is 9.78. The summed E-state index contributed by atoms with van der Waals surface area (Å²) in [6.45, 7) is 2.04. The van der Waals surface area contributed by atoms with Crippen LogP contribution >= 0.6 is 0 Å². The Labute approximate surface area is 120 Å². The lowest BCUT2D eigenvalue weighted by molar-refractivity contribution is 0.247. The molecule has 2 aliphatic carbocycles. The van der Waals surface area contributed by atoms with Gasteiger partial charge >= 0.3 is 0 Å². The predicted octanol–water partition coefficient (Wildman–Crippen LogP) is 2.39. The molecule has 1 aromatic carbocycles. The Morgan fingerprint density at radius 1 is 1.25 bits per heavy atom. The van der Waals surface area contributed by atoms with Gasteiger partial charge < -0.3 is 10.9 Å². The SMILES string of the molecule is NC(=NO)C(CN(CC1CC1)C1CC1)c1ccccc1. The maximum absolute atomic E-state index is 9.07. The number of nitrogens with zero attached hydrogens (tertiary/aromatic N) is 2. The number of hydrogen-bond acceptors (Lipinski definition) is 3. The van der Waals surface area contributed by atoms with Crippen LogP contribution in [0.3, 0.4) is 0 Å². The Hall–Kier alpha value is -1.55. The molecule has 108 valence electrons. The van der Waals surface area contributed by atoms with Crippen molar-refractivity contribution in [3.8, 4) is 0 Å². The highest BCUT2D eigenvalue weighted by Crippen LogP contribution is 2.36. The summed E-state index contributed by atoms with van der Waals surface area (Å²) in [5.41, 5.74) is 7.07. The molecule has 4 nitrogen and oxygen atoms in total. The fraction of sp³-hybridized carbons (Fsp3) is 0.562. The second-order valence-electron chi connectivity index (χ2n) is 6.12. The van der Waals surface area contributed by atoms with Gasteiger partial charge in [0.05, 0.1) is 5.92 Å². The molecular formula is C16H23N3O. The molecule has 0 spiro atoms. The largest absolute Gasteiger partial charge is 0.409 e. The van der Waals surface area contributed by atoms with E-state index < -0.39 is 0 Å². The molecule has 1 unspecified atom stereocenters. The van der Waals surface area contributed by atoms with Gasteiger partial charge in [-0.2, -0.15) is 0 Å². The zero-order valence-corrected chi connectivity index (χ0v) is 11.8. The van der Waals surface area contributed by atoms with Gasteiger partial charge in [-0.15, -0.1) is 0 Å². The van der Waals surface area contributed by atoms with Gasteiger partial charge in [0.15, 0.2) is 0 Å². The maximum atomic E-state index is 9.07. The maximum Gasteiger partial charge on any atom is 0.147 e. The molecule has 3 rings (SSSR count). The normalized spacial score (nSPS) is 21.1. The first kappa shape index (κ1) is 13.4. The second-order valence-corrected chi connectivity index (χ2v) is 6.12. The van der Waals surface area contributed by atoms with E-state index in [1.54, 1.807) is 0 Å². The van der Waals surface area contributed by atoms with Gasteiger partial charge in [0.2, 0.25) is 0 Å². The van der Waals surface area contributed by atoms with Gasteiger partial charge in [-0.25, -0.2) is 0 Å². The van der Waals surface area contributed by atoms with E-state index in [9.17, 15) is 0 Å². The van der Waals surface area contributed by atoms with E-state index in [2.05, 4.69) is 22.2 Å². The van der Waals surface area contributed by atoms with Gasteiger partial charge in [0.1, 0.15) is 5.84 Å². The lowest BCUT2D eigenvalue weighted by Crippen LogP contribution is -2.37. The summed E-state index contributed by atoms with van der Waals surface area (Å²) in [4.78, 5) is 2.55. The van der Waals surface area contributed by atoms with Crippen molar-refractivity contribution in [3.05, 3.63) is 35.9 Å². The number of amidine groups is 1. The summed E-state index contributed by atoms with van der Waals surface area (Å²) in [6, 6.07) is 10.9. The molecule has 0 heterocycles. The molecule has 0 aliphatic heterocycles. The van der Waals surface area contributed by atoms with E-state index in [1.807, 2.05) is 18.2 Å². The Morgan fingerprint density at radius 3 is 2.50 bits per heavy atom. The average molecular weight is 273 g/mol. The van der Waals surface area contributed by atoms with Crippen LogP contribution in [0.15, 0.2) is 35.5 Å². The van der Waals surface area contributed by atoms with Crippen molar-refractivity contribution in [1.29, 1.82) is 0 Å². The fourth-order valence-corrected chi connectivity index (χ4v) is 2.80. The van der Waals surface area contributed by atoms with Crippen LogP contribution in [0.25, 0.3) is 0 Å². The third-order valence-corrected chi connectivity index (χ3v) is 4.34. The summed E-state index contributed by atoms with van der Waals surface area (Å²) in [7, 11) is 0. The summed E-state index contributed by atoms with van der Waals surface area (Å²) in [6.07, 6.45) is 5.32. The first-order valence-electron chi connectivity index (χ1n) is 7.54. The number of nitrogens with two attached hydrogens (primary N) is 1. The number of oxime groups is 1. The monoisotopic (exact) mass is 273 g/mol. The highest BCUT2D eigenvalue weighted by molar-refractivity contribution is 5.87. The zero-order valence-electron chi connectivity index (χ0n) is 11.8. The minimum atomic E-state index is -0.0134. The van der Waals surface area contributed by atoms with Crippen LogP contribution < -0.4 is 5.73 Å². The lowest BCUT2D eigenvalue weighted by atomic mass is 9.97. The Morgan fingerprint density at radius 2 is 1.95 bits per heavy atom. The standard InChI is InChI=1S/C16H23N3O/c17-16(18-20)15(13-4-2-1-3-5-13)11-19(14-8-9-14)10-12-6-7-12/h1-5,12,14-15,20H,6-11H2,(H2,17,18). The summed E-state index contributed by atoms with van der Waals surface area (Å²) in [5, 5.41) is 12.3.